The summed E-state index contributed by atoms with van der Waals surface area (Å²) in [4.78, 5) is 17.0. The number of carbonyl (C=O) groups excluding carboxylic acids is 1. The molecule has 1 aromatic rings. The third-order valence-electron chi connectivity index (χ3n) is 6.45. The summed E-state index contributed by atoms with van der Waals surface area (Å²) >= 11 is 0. The molecule has 1 aromatic carbocycles. The predicted molar refractivity (Wildman–Crippen MR) is 99.9 cm³/mol. The molecule has 29 heavy (non-hydrogen) atoms. The third kappa shape index (κ3) is 3.97. The fraction of sp³-hybridized carbons (Fsp3) is 0.667. The Kier molecular flexibility index (Phi) is 5.27. The zero-order valence-electron chi connectivity index (χ0n) is 16.7. The van der Waals surface area contributed by atoms with Crippen molar-refractivity contribution in [1.82, 2.24) is 9.80 Å². The SMILES string of the molecule is CC(C)[C@H]1CO[C@]23CCN(Cc4ccc(OC(F)(F)F)cc4)C[C@H]2CCC(=O)N13. The largest absolute Gasteiger partial charge is 0.573 e. The topological polar surface area (TPSA) is 42.0 Å². The van der Waals surface area contributed by atoms with Crippen molar-refractivity contribution in [3.05, 3.63) is 29.8 Å². The van der Waals surface area contributed by atoms with Crippen LogP contribution in [0.5, 0.6) is 5.75 Å². The molecule has 3 fully saturated rings. The van der Waals surface area contributed by atoms with Gasteiger partial charge in [0.25, 0.3) is 0 Å². The van der Waals surface area contributed by atoms with E-state index in [4.69, 9.17) is 4.74 Å². The van der Waals surface area contributed by atoms with E-state index in [1.54, 1.807) is 12.1 Å². The third-order valence-corrected chi connectivity index (χ3v) is 6.45. The van der Waals surface area contributed by atoms with E-state index in [-0.39, 0.29) is 23.6 Å². The summed E-state index contributed by atoms with van der Waals surface area (Å²) in [5.41, 5.74) is 0.456. The molecule has 3 heterocycles. The Balaban J connectivity index is 1.42. The number of likely N-dealkylation sites (tertiary alicyclic amines) is 1. The highest BCUT2D eigenvalue weighted by Gasteiger charge is 2.58. The van der Waals surface area contributed by atoms with Gasteiger partial charge in [0.05, 0.1) is 12.6 Å². The Bertz CT molecular complexity index is 753. The molecule has 1 amide bonds. The average Bonchev–Trinajstić information content (AvgIpc) is 3.04. The summed E-state index contributed by atoms with van der Waals surface area (Å²) in [5.74, 6) is 0.601. The standard InChI is InChI=1S/C21H27F3N2O3/c1-14(2)18-13-28-20-9-10-25(12-16(20)5-8-19(27)26(18)20)11-15-3-6-17(7-4-15)29-21(22,23)24/h3-4,6-7,14,16,18H,5,8-13H2,1-2H3/t16-,18-,20-/m1/s1. The lowest BCUT2D eigenvalue weighted by Gasteiger charge is -2.53. The second kappa shape index (κ2) is 7.47. The fourth-order valence-electron chi connectivity index (χ4n) is 5.05. The van der Waals surface area contributed by atoms with E-state index in [1.807, 2.05) is 4.90 Å². The van der Waals surface area contributed by atoms with Gasteiger partial charge in [-0.3, -0.25) is 9.69 Å². The lowest BCUT2D eigenvalue weighted by Crippen LogP contribution is -2.65. The van der Waals surface area contributed by atoms with Gasteiger partial charge in [-0.05, 0) is 30.0 Å². The van der Waals surface area contributed by atoms with Crippen LogP contribution >= 0.6 is 0 Å². The van der Waals surface area contributed by atoms with Gasteiger partial charge in [-0.2, -0.15) is 0 Å². The van der Waals surface area contributed by atoms with E-state index in [0.717, 1.165) is 31.5 Å². The Morgan fingerprint density at radius 2 is 2.00 bits per heavy atom. The maximum absolute atomic E-state index is 12.7. The van der Waals surface area contributed by atoms with Crippen LogP contribution in [0, 0.1) is 11.8 Å². The van der Waals surface area contributed by atoms with Gasteiger partial charge in [0, 0.05) is 38.4 Å². The molecule has 160 valence electrons. The van der Waals surface area contributed by atoms with Gasteiger partial charge in [0.2, 0.25) is 5.91 Å². The zero-order valence-corrected chi connectivity index (χ0v) is 16.7. The van der Waals surface area contributed by atoms with Gasteiger partial charge in [0.15, 0.2) is 0 Å². The Morgan fingerprint density at radius 3 is 2.66 bits per heavy atom. The molecule has 0 aromatic heterocycles. The molecule has 3 atom stereocenters. The van der Waals surface area contributed by atoms with Crippen LogP contribution in [0.25, 0.3) is 0 Å². The van der Waals surface area contributed by atoms with Crippen molar-refractivity contribution in [1.29, 1.82) is 0 Å². The van der Waals surface area contributed by atoms with Crippen molar-refractivity contribution in [2.75, 3.05) is 19.7 Å². The van der Waals surface area contributed by atoms with Crippen LogP contribution in [0.4, 0.5) is 13.2 Å². The molecule has 1 spiro atoms. The van der Waals surface area contributed by atoms with Gasteiger partial charge in [-0.1, -0.05) is 26.0 Å². The first-order chi connectivity index (χ1) is 13.7. The van der Waals surface area contributed by atoms with Crippen molar-refractivity contribution >= 4 is 5.91 Å². The van der Waals surface area contributed by atoms with Crippen LogP contribution in [0.1, 0.15) is 38.7 Å². The van der Waals surface area contributed by atoms with E-state index < -0.39 is 12.1 Å². The molecule has 0 radical (unpaired) electrons. The number of hydrogen-bond donors (Lipinski definition) is 0. The first kappa shape index (κ1) is 20.5. The van der Waals surface area contributed by atoms with Gasteiger partial charge in [-0.25, -0.2) is 0 Å². The first-order valence-corrected chi connectivity index (χ1v) is 10.2. The van der Waals surface area contributed by atoms with E-state index in [9.17, 15) is 18.0 Å². The predicted octanol–water partition coefficient (Wildman–Crippen LogP) is 3.78. The van der Waals surface area contributed by atoms with E-state index in [1.165, 1.54) is 12.1 Å². The van der Waals surface area contributed by atoms with Crippen LogP contribution in [0.3, 0.4) is 0 Å². The summed E-state index contributed by atoms with van der Waals surface area (Å²) in [5, 5.41) is 0. The van der Waals surface area contributed by atoms with Crippen LogP contribution in [-0.4, -0.2) is 53.5 Å². The lowest BCUT2D eigenvalue weighted by atomic mass is 9.79. The maximum Gasteiger partial charge on any atom is 0.573 e. The lowest BCUT2D eigenvalue weighted by molar-refractivity contribution is -0.274. The van der Waals surface area contributed by atoms with E-state index >= 15 is 0 Å². The van der Waals surface area contributed by atoms with Crippen molar-refractivity contribution in [3.63, 3.8) is 0 Å². The molecule has 4 rings (SSSR count). The number of halogens is 3. The number of rotatable bonds is 4. The summed E-state index contributed by atoms with van der Waals surface area (Å²) in [6.07, 6.45) is -2.55. The molecule has 0 N–H and O–H groups in total. The quantitative estimate of drug-likeness (QED) is 0.755. The van der Waals surface area contributed by atoms with Crippen LogP contribution in [-0.2, 0) is 16.1 Å². The zero-order chi connectivity index (χ0) is 20.8. The molecule has 0 aliphatic carbocycles. The molecule has 0 saturated carbocycles. The van der Waals surface area contributed by atoms with Crippen molar-refractivity contribution in [3.8, 4) is 5.75 Å². The number of ether oxygens (including phenoxy) is 2. The van der Waals surface area contributed by atoms with Crippen LogP contribution < -0.4 is 4.74 Å². The minimum atomic E-state index is -4.68. The summed E-state index contributed by atoms with van der Waals surface area (Å²) < 4.78 is 47.2. The fourth-order valence-corrected chi connectivity index (χ4v) is 5.05. The molecule has 3 aliphatic heterocycles. The highest BCUT2D eigenvalue weighted by molar-refractivity contribution is 5.78. The Morgan fingerprint density at radius 1 is 1.28 bits per heavy atom. The highest BCUT2D eigenvalue weighted by atomic mass is 19.4. The van der Waals surface area contributed by atoms with Crippen molar-refractivity contribution in [2.24, 2.45) is 11.8 Å². The monoisotopic (exact) mass is 412 g/mol. The normalized spacial score (nSPS) is 30.4. The van der Waals surface area contributed by atoms with Crippen LogP contribution in [0.2, 0.25) is 0 Å². The minimum absolute atomic E-state index is 0.137. The number of benzene rings is 1. The molecule has 8 heteroatoms. The smallest absolute Gasteiger partial charge is 0.406 e. The summed E-state index contributed by atoms with van der Waals surface area (Å²) in [6.45, 7) is 7.11. The van der Waals surface area contributed by atoms with Gasteiger partial charge in [-0.15, -0.1) is 13.2 Å². The Hall–Kier alpha value is -1.80. The molecule has 3 saturated heterocycles. The summed E-state index contributed by atoms with van der Waals surface area (Å²) in [7, 11) is 0. The minimum Gasteiger partial charge on any atom is -0.406 e. The molecule has 3 aliphatic rings. The van der Waals surface area contributed by atoms with E-state index in [2.05, 4.69) is 23.5 Å². The number of carbonyl (C=O) groups is 1. The number of amides is 1. The second-order valence-electron chi connectivity index (χ2n) is 8.64. The molecule has 0 unspecified atom stereocenters. The number of hydrogen-bond acceptors (Lipinski definition) is 4. The van der Waals surface area contributed by atoms with Gasteiger partial charge in [0.1, 0.15) is 11.5 Å². The highest BCUT2D eigenvalue weighted by Crippen LogP contribution is 2.47. The van der Waals surface area contributed by atoms with Gasteiger partial charge >= 0.3 is 6.36 Å². The van der Waals surface area contributed by atoms with E-state index in [0.29, 0.717) is 25.5 Å². The van der Waals surface area contributed by atoms with Gasteiger partial charge < -0.3 is 14.4 Å². The number of nitrogens with zero attached hydrogens (tertiary/aromatic N) is 2. The first-order valence-electron chi connectivity index (χ1n) is 10.2. The van der Waals surface area contributed by atoms with Crippen LogP contribution in [0.15, 0.2) is 24.3 Å². The molecule has 5 nitrogen and oxygen atoms in total. The molecular formula is C21H27F3N2O3. The van der Waals surface area contributed by atoms with Crippen molar-refractivity contribution < 1.29 is 27.4 Å². The molecular weight excluding hydrogens is 385 g/mol. The number of piperidine rings is 2. The maximum atomic E-state index is 12.7. The summed E-state index contributed by atoms with van der Waals surface area (Å²) in [6, 6.07) is 6.18. The molecule has 0 bridgehead atoms. The second-order valence-corrected chi connectivity index (χ2v) is 8.64. The number of alkyl halides is 3. The average molecular weight is 412 g/mol. The Labute approximate surface area is 168 Å². The van der Waals surface area contributed by atoms with Crippen molar-refractivity contribution in [2.45, 2.75) is 57.8 Å².